The van der Waals surface area contributed by atoms with E-state index in [1.165, 1.54) is 0 Å². The molecule has 2 aliphatic rings. The van der Waals surface area contributed by atoms with E-state index in [4.69, 9.17) is 0 Å². The highest BCUT2D eigenvalue weighted by molar-refractivity contribution is 5.50. The van der Waals surface area contributed by atoms with Crippen molar-refractivity contribution in [1.29, 1.82) is 0 Å². The first-order valence-corrected chi connectivity index (χ1v) is 2.37. The van der Waals surface area contributed by atoms with Gasteiger partial charge < -0.3 is 4.90 Å². The lowest BCUT2D eigenvalue weighted by molar-refractivity contribution is -0.125. The van der Waals surface area contributed by atoms with E-state index in [9.17, 15) is 4.79 Å². The van der Waals surface area contributed by atoms with E-state index in [2.05, 4.69) is 4.90 Å². The van der Waals surface area contributed by atoms with Gasteiger partial charge in [-0.1, -0.05) is 0 Å². The molecule has 0 aromatic carbocycles. The van der Waals surface area contributed by atoms with Crippen LogP contribution >= 0.6 is 0 Å². The molecule has 2 saturated heterocycles. The Hall–Kier alpha value is -0.570. The van der Waals surface area contributed by atoms with Crippen LogP contribution in [0.15, 0.2) is 0 Å². The van der Waals surface area contributed by atoms with E-state index in [1.807, 2.05) is 0 Å². The maximum atomic E-state index is 9.92. The second kappa shape index (κ2) is 0.816. The minimum atomic E-state index is 0.512. The molecule has 0 bridgehead atoms. The average Bonchev–Trinajstić information content (AvgIpc) is 2.18. The summed E-state index contributed by atoms with van der Waals surface area (Å²) in [5.41, 5.74) is 0. The molecule has 3 nitrogen and oxygen atoms in total. The predicted octanol–water partition coefficient (Wildman–Crippen LogP) is -0.942. The minimum absolute atomic E-state index is 0.512. The number of amides is 1. The molecular formula is C4H6N2O. The van der Waals surface area contributed by atoms with Gasteiger partial charge in [-0.2, -0.15) is 0 Å². The highest BCUT2D eigenvalue weighted by atomic mass is 16.1. The predicted molar refractivity (Wildman–Crippen MR) is 23.3 cm³/mol. The van der Waals surface area contributed by atoms with E-state index < -0.39 is 0 Å². The molecule has 0 aromatic heterocycles. The van der Waals surface area contributed by atoms with Gasteiger partial charge in [0, 0.05) is 6.54 Å². The number of carbonyl (C=O) groups excluding carboxylic acids is 1. The van der Waals surface area contributed by atoms with Crippen LogP contribution in [-0.2, 0) is 4.79 Å². The molecule has 2 atom stereocenters. The van der Waals surface area contributed by atoms with Crippen molar-refractivity contribution in [1.82, 2.24) is 9.80 Å². The molecule has 0 saturated carbocycles. The zero-order chi connectivity index (χ0) is 4.85. The summed E-state index contributed by atoms with van der Waals surface area (Å²) in [6.07, 6.45) is 1.42. The summed E-state index contributed by atoms with van der Waals surface area (Å²) in [4.78, 5) is 13.9. The van der Waals surface area contributed by atoms with Gasteiger partial charge in [0.15, 0.2) is 0 Å². The highest BCUT2D eigenvalue weighted by Crippen LogP contribution is 2.29. The Bertz CT molecular complexity index is 114. The van der Waals surface area contributed by atoms with Crippen molar-refractivity contribution in [2.45, 2.75) is 6.17 Å². The third kappa shape index (κ3) is 0.268. The first kappa shape index (κ1) is 3.43. The number of hydrogen-bond acceptors (Lipinski definition) is 2. The van der Waals surface area contributed by atoms with Crippen molar-refractivity contribution in [3.05, 3.63) is 0 Å². The molecular weight excluding hydrogens is 92.1 g/mol. The quantitative estimate of drug-likeness (QED) is 0.312. The lowest BCUT2D eigenvalue weighted by Crippen LogP contribution is -2.42. The number of nitrogens with zero attached hydrogens (tertiary/aromatic N) is 2. The molecule has 0 radical (unpaired) electrons. The SMILES string of the molecule is O=CN1CN2C[C@H]12. The minimum Gasteiger partial charge on any atom is -0.315 e. The molecule has 38 valence electrons. The van der Waals surface area contributed by atoms with Crippen molar-refractivity contribution < 1.29 is 4.79 Å². The lowest BCUT2D eigenvalue weighted by Gasteiger charge is -2.26. The summed E-state index contributed by atoms with van der Waals surface area (Å²) < 4.78 is 0. The Kier molecular flexibility index (Phi) is 0.400. The van der Waals surface area contributed by atoms with Crippen LogP contribution in [0.4, 0.5) is 0 Å². The summed E-state index contributed by atoms with van der Waals surface area (Å²) in [6.45, 7) is 1.98. The summed E-state index contributed by atoms with van der Waals surface area (Å²) in [7, 11) is 0. The van der Waals surface area contributed by atoms with Gasteiger partial charge in [-0.3, -0.25) is 9.69 Å². The Labute approximate surface area is 41.5 Å². The van der Waals surface area contributed by atoms with Gasteiger partial charge in [0.25, 0.3) is 0 Å². The van der Waals surface area contributed by atoms with Crippen LogP contribution in [0.3, 0.4) is 0 Å². The van der Waals surface area contributed by atoms with Gasteiger partial charge in [-0.25, -0.2) is 0 Å². The summed E-state index contributed by atoms with van der Waals surface area (Å²) in [6, 6.07) is 0. The second-order valence-corrected chi connectivity index (χ2v) is 2.01. The second-order valence-electron chi connectivity index (χ2n) is 2.01. The fourth-order valence-electron chi connectivity index (χ4n) is 0.941. The molecule has 7 heavy (non-hydrogen) atoms. The van der Waals surface area contributed by atoms with Crippen molar-refractivity contribution in [3.8, 4) is 0 Å². The van der Waals surface area contributed by atoms with Crippen molar-refractivity contribution in [2.24, 2.45) is 0 Å². The summed E-state index contributed by atoms with van der Waals surface area (Å²) in [5.74, 6) is 0. The molecule has 2 rings (SSSR count). The lowest BCUT2D eigenvalue weighted by atomic mass is 10.6. The van der Waals surface area contributed by atoms with Gasteiger partial charge in [-0.05, 0) is 0 Å². The zero-order valence-electron chi connectivity index (χ0n) is 3.87. The average molecular weight is 98.1 g/mol. The van der Waals surface area contributed by atoms with Crippen LogP contribution in [0.25, 0.3) is 0 Å². The largest absolute Gasteiger partial charge is 0.315 e. The molecule has 3 heteroatoms. The van der Waals surface area contributed by atoms with Gasteiger partial charge in [0.2, 0.25) is 6.41 Å². The Morgan fingerprint density at radius 1 is 1.71 bits per heavy atom. The first-order chi connectivity index (χ1) is 3.42. The van der Waals surface area contributed by atoms with Crippen LogP contribution in [-0.4, -0.2) is 35.6 Å². The monoisotopic (exact) mass is 98.0 g/mol. The fraction of sp³-hybridized carbons (Fsp3) is 0.750. The standard InChI is InChI=1S/C4H6N2O/c7-3-6-2-5-1-4(5)6/h3-4H,1-2H2/t4-,5?/m0/s1. The highest BCUT2D eigenvalue weighted by Gasteiger charge is 2.48. The van der Waals surface area contributed by atoms with Gasteiger partial charge in [-0.15, -0.1) is 0 Å². The van der Waals surface area contributed by atoms with Gasteiger partial charge in [0.05, 0.1) is 6.67 Å². The summed E-state index contributed by atoms with van der Waals surface area (Å²) >= 11 is 0. The molecule has 1 unspecified atom stereocenters. The molecule has 0 spiro atoms. The molecule has 2 aliphatic heterocycles. The molecule has 0 aliphatic carbocycles. The first-order valence-electron chi connectivity index (χ1n) is 2.37. The maximum Gasteiger partial charge on any atom is 0.212 e. The fourth-order valence-corrected chi connectivity index (χ4v) is 0.941. The maximum absolute atomic E-state index is 9.92. The van der Waals surface area contributed by atoms with Crippen LogP contribution < -0.4 is 0 Å². The Morgan fingerprint density at radius 2 is 2.57 bits per heavy atom. The van der Waals surface area contributed by atoms with E-state index in [0.717, 1.165) is 19.6 Å². The zero-order valence-corrected chi connectivity index (χ0v) is 3.87. The van der Waals surface area contributed by atoms with Crippen molar-refractivity contribution in [3.63, 3.8) is 0 Å². The molecule has 2 fully saturated rings. The Balaban J connectivity index is 2.02. The third-order valence-electron chi connectivity index (χ3n) is 1.55. The molecule has 2 heterocycles. The normalized spacial score (nSPS) is 44.3. The summed E-state index contributed by atoms with van der Waals surface area (Å²) in [5, 5.41) is 0. The third-order valence-corrected chi connectivity index (χ3v) is 1.55. The number of carbonyl (C=O) groups is 1. The van der Waals surface area contributed by atoms with Crippen molar-refractivity contribution in [2.75, 3.05) is 13.2 Å². The molecule has 0 aromatic rings. The van der Waals surface area contributed by atoms with Crippen molar-refractivity contribution >= 4 is 6.41 Å². The van der Waals surface area contributed by atoms with Crippen LogP contribution in [0, 0.1) is 0 Å². The van der Waals surface area contributed by atoms with E-state index in [-0.39, 0.29) is 0 Å². The molecule has 1 amide bonds. The van der Waals surface area contributed by atoms with Gasteiger partial charge >= 0.3 is 0 Å². The van der Waals surface area contributed by atoms with Crippen LogP contribution in [0.5, 0.6) is 0 Å². The number of fused-ring (bicyclic) bond motifs is 1. The topological polar surface area (TPSA) is 23.3 Å². The number of rotatable bonds is 1. The van der Waals surface area contributed by atoms with E-state index in [0.29, 0.717) is 6.17 Å². The van der Waals surface area contributed by atoms with Crippen LogP contribution in [0.1, 0.15) is 0 Å². The smallest absolute Gasteiger partial charge is 0.212 e. The van der Waals surface area contributed by atoms with E-state index in [1.54, 1.807) is 4.90 Å². The Morgan fingerprint density at radius 3 is 2.71 bits per heavy atom. The molecule has 0 N–H and O–H groups in total. The number of hydrogen-bond donors (Lipinski definition) is 0. The van der Waals surface area contributed by atoms with Crippen LogP contribution in [0.2, 0.25) is 0 Å². The van der Waals surface area contributed by atoms with Gasteiger partial charge in [0.1, 0.15) is 6.17 Å². The van der Waals surface area contributed by atoms with E-state index >= 15 is 0 Å².